The molecular weight excluding hydrogens is 923 g/mol. The maximum absolute atomic E-state index is 15.5. The van der Waals surface area contributed by atoms with Crippen LogP contribution < -0.4 is 15.6 Å². The third kappa shape index (κ3) is 7.80. The molecule has 14 nitrogen and oxygen atoms in total. The minimum Gasteiger partial charge on any atom is -0.344 e. The van der Waals surface area contributed by atoms with Gasteiger partial charge in [0.15, 0.2) is 11.6 Å². The number of alkyl halides is 7. The van der Waals surface area contributed by atoms with E-state index in [2.05, 4.69) is 35.2 Å². The van der Waals surface area contributed by atoms with Crippen molar-refractivity contribution in [1.82, 2.24) is 44.4 Å². The molecule has 65 heavy (non-hydrogen) atoms. The number of benzene rings is 3. The van der Waals surface area contributed by atoms with Crippen LogP contribution in [0, 0.1) is 17.6 Å². The van der Waals surface area contributed by atoms with Gasteiger partial charge in [-0.25, -0.2) is 40.9 Å². The molecule has 0 aliphatic heterocycles. The van der Waals surface area contributed by atoms with Crippen molar-refractivity contribution in [3.8, 4) is 17.1 Å². The van der Waals surface area contributed by atoms with Crippen molar-refractivity contribution in [2.24, 2.45) is 13.0 Å². The first-order valence-corrected chi connectivity index (χ1v) is 21.4. The Balaban J connectivity index is 1.26. The highest BCUT2D eigenvalue weighted by molar-refractivity contribution is 7.92. The molecule has 3 atom stereocenters. The number of carbonyl (C=O) groups excluding carboxylic acids is 1. The number of sulfonamides is 1. The molecule has 1 saturated carbocycles. The number of aryl methyl sites for hydroxylation is 1. The molecule has 4 heterocycles. The van der Waals surface area contributed by atoms with Crippen molar-refractivity contribution >= 4 is 55.2 Å². The highest BCUT2D eigenvalue weighted by Gasteiger charge is 2.67. The highest BCUT2D eigenvalue weighted by Crippen LogP contribution is 2.68. The van der Waals surface area contributed by atoms with E-state index in [9.17, 15) is 48.7 Å². The van der Waals surface area contributed by atoms with Crippen LogP contribution >= 0.6 is 11.6 Å². The number of carbonyl (C=O) groups is 1. The number of anilines is 1. The predicted octanol–water partition coefficient (Wildman–Crippen LogP) is 7.49. The van der Waals surface area contributed by atoms with E-state index in [1.165, 1.54) is 37.4 Å². The standard InChI is InChI=1S/C40H28ClF9N10O4S/c1-58-32-26(6-5-23(41)30(32)36(56-58)57-65(2,63)64)60-37(53-24-12-17(3-4-20(24)38(60)62)35-51-8-7-27(54-35)40(48,49)50)25(11-16-9-18(42)13-19(43)10-16)52-28(61)15-59-33-29(31(55-59)34(44)45)21-14-22(21)39(33,46)47/h3-10,12-13,21-22,25,34H,11,14-15H2,1-2H3,(H,52,61)(H,56,57)/t21-,22+,25-/m0/s1. The molecule has 0 spiro atoms. The molecule has 1 fully saturated rings. The second kappa shape index (κ2) is 15.3. The monoisotopic (exact) mass is 950 g/mol. The summed E-state index contributed by atoms with van der Waals surface area (Å²) in [5.41, 5.74) is -4.91. The van der Waals surface area contributed by atoms with Crippen LogP contribution in [0.3, 0.4) is 0 Å². The van der Waals surface area contributed by atoms with Gasteiger partial charge in [0.1, 0.15) is 41.1 Å². The lowest BCUT2D eigenvalue weighted by Crippen LogP contribution is -2.38. The molecule has 7 aromatic rings. The number of halogens is 10. The minimum atomic E-state index is -4.87. The first-order chi connectivity index (χ1) is 30.5. The number of aromatic nitrogens is 8. The smallest absolute Gasteiger partial charge is 0.344 e. The summed E-state index contributed by atoms with van der Waals surface area (Å²) in [6.45, 7) is -1.08. The highest BCUT2D eigenvalue weighted by atomic mass is 35.5. The van der Waals surface area contributed by atoms with E-state index in [-0.39, 0.29) is 61.4 Å². The molecule has 25 heteroatoms. The molecule has 0 radical (unpaired) electrons. The summed E-state index contributed by atoms with van der Waals surface area (Å²) in [6.07, 6.45) is -7.08. The average molecular weight is 951 g/mol. The van der Waals surface area contributed by atoms with Crippen LogP contribution in [0.4, 0.5) is 45.3 Å². The molecular formula is C40H28ClF9N10O4S. The summed E-state index contributed by atoms with van der Waals surface area (Å²) in [6, 6.07) is 7.49. The van der Waals surface area contributed by atoms with Gasteiger partial charge in [-0.05, 0) is 60.4 Å². The van der Waals surface area contributed by atoms with Crippen molar-refractivity contribution in [3.63, 3.8) is 0 Å². The molecule has 0 unspecified atom stereocenters. The van der Waals surface area contributed by atoms with Gasteiger partial charge in [0.2, 0.25) is 15.9 Å². The van der Waals surface area contributed by atoms with Crippen molar-refractivity contribution < 1.29 is 52.7 Å². The first-order valence-electron chi connectivity index (χ1n) is 19.1. The maximum atomic E-state index is 15.5. The molecule has 0 saturated heterocycles. The molecule has 2 N–H and O–H groups in total. The van der Waals surface area contributed by atoms with Crippen LogP contribution in [0.1, 0.15) is 58.8 Å². The number of hydrogen-bond donors (Lipinski definition) is 2. The van der Waals surface area contributed by atoms with Gasteiger partial charge in [0, 0.05) is 42.8 Å². The van der Waals surface area contributed by atoms with E-state index in [0.29, 0.717) is 16.8 Å². The van der Waals surface area contributed by atoms with Crippen molar-refractivity contribution in [3.05, 3.63) is 122 Å². The molecule has 0 bridgehead atoms. The molecule has 1 amide bonds. The Morgan fingerprint density at radius 1 is 1.02 bits per heavy atom. The van der Waals surface area contributed by atoms with Crippen LogP contribution in [0.5, 0.6) is 0 Å². The Morgan fingerprint density at radius 2 is 1.74 bits per heavy atom. The number of fused-ring (bicyclic) bond motifs is 5. The number of rotatable bonds is 11. The normalized spacial score (nSPS) is 17.1. The van der Waals surface area contributed by atoms with E-state index >= 15 is 8.78 Å². The number of amides is 1. The lowest BCUT2D eigenvalue weighted by molar-refractivity contribution is -0.141. The molecule has 3 aromatic carbocycles. The Labute approximate surface area is 364 Å². The minimum absolute atomic E-state index is 0.00330. The Morgan fingerprint density at radius 3 is 2.42 bits per heavy atom. The second-order valence-corrected chi connectivity index (χ2v) is 17.7. The van der Waals surface area contributed by atoms with Gasteiger partial charge in [-0.3, -0.25) is 28.2 Å². The van der Waals surface area contributed by atoms with Crippen LogP contribution in [-0.2, 0) is 46.9 Å². The molecule has 4 aromatic heterocycles. The topological polar surface area (TPSA) is 172 Å². The average Bonchev–Trinajstić information content (AvgIpc) is 3.75. The third-order valence-corrected chi connectivity index (χ3v) is 11.9. The first kappa shape index (κ1) is 43.7. The predicted molar refractivity (Wildman–Crippen MR) is 214 cm³/mol. The van der Waals surface area contributed by atoms with Crippen LogP contribution in [0.2, 0.25) is 5.02 Å². The van der Waals surface area contributed by atoms with Crippen LogP contribution in [0.25, 0.3) is 38.9 Å². The lowest BCUT2D eigenvalue weighted by atomic mass is 10.0. The van der Waals surface area contributed by atoms with Gasteiger partial charge in [-0.2, -0.15) is 32.1 Å². The van der Waals surface area contributed by atoms with Crippen molar-refractivity contribution in [2.45, 2.75) is 49.9 Å². The third-order valence-electron chi connectivity index (χ3n) is 11.0. The van der Waals surface area contributed by atoms with Gasteiger partial charge >= 0.3 is 6.18 Å². The summed E-state index contributed by atoms with van der Waals surface area (Å²) in [7, 11) is -2.61. The summed E-state index contributed by atoms with van der Waals surface area (Å²) >= 11 is 6.58. The SMILES string of the molecule is Cn1nc(NS(C)(=O)=O)c2c(Cl)ccc(-n3c([C@H](Cc4cc(F)cc(F)c4)NC(=O)Cn4nc(C(F)F)c5c4C(F)(F)[C@@H]4C[C@H]54)nc4cc(-c5nccc(C(F)(F)F)n5)ccc4c3=O)c21. The quantitative estimate of drug-likeness (QED) is 0.125. The van der Waals surface area contributed by atoms with Gasteiger partial charge in [0.25, 0.3) is 17.9 Å². The van der Waals surface area contributed by atoms with E-state index < -0.39 is 111 Å². The number of nitrogens with one attached hydrogen (secondary N) is 2. The fourth-order valence-electron chi connectivity index (χ4n) is 8.37. The number of nitrogens with zero attached hydrogens (tertiary/aromatic N) is 8. The summed E-state index contributed by atoms with van der Waals surface area (Å²) in [5.74, 6) is -10.2. The zero-order valence-corrected chi connectivity index (χ0v) is 34.7. The number of hydrogen-bond acceptors (Lipinski definition) is 9. The van der Waals surface area contributed by atoms with Gasteiger partial charge in [-0.15, -0.1) is 0 Å². The van der Waals surface area contributed by atoms with Crippen LogP contribution in [0.15, 0.2) is 65.6 Å². The zero-order chi connectivity index (χ0) is 46.7. The van der Waals surface area contributed by atoms with Crippen molar-refractivity contribution in [2.75, 3.05) is 11.0 Å². The Bertz CT molecular complexity index is 3300. The fourth-order valence-corrected chi connectivity index (χ4v) is 9.11. The van der Waals surface area contributed by atoms with Crippen LogP contribution in [-0.4, -0.2) is 59.7 Å². The Hall–Kier alpha value is -6.56. The second-order valence-electron chi connectivity index (χ2n) is 15.5. The fraction of sp³-hybridized carbons (Fsp3) is 0.275. The molecule has 2 aliphatic rings. The molecule has 2 aliphatic carbocycles. The maximum Gasteiger partial charge on any atom is 0.433 e. The van der Waals surface area contributed by atoms with Gasteiger partial charge in [-0.1, -0.05) is 17.7 Å². The van der Waals surface area contributed by atoms with Gasteiger partial charge in [0.05, 0.1) is 44.8 Å². The zero-order valence-electron chi connectivity index (χ0n) is 33.1. The van der Waals surface area contributed by atoms with E-state index in [0.717, 1.165) is 33.8 Å². The van der Waals surface area contributed by atoms with E-state index in [1.807, 2.05) is 0 Å². The summed E-state index contributed by atoms with van der Waals surface area (Å²) < 4.78 is 159. The van der Waals surface area contributed by atoms with E-state index in [1.54, 1.807) is 0 Å². The summed E-state index contributed by atoms with van der Waals surface area (Å²) in [4.78, 5) is 41.3. The molecule has 338 valence electrons. The Kier molecular flexibility index (Phi) is 10.3. The van der Waals surface area contributed by atoms with Crippen molar-refractivity contribution in [1.29, 1.82) is 0 Å². The molecule has 9 rings (SSSR count). The largest absolute Gasteiger partial charge is 0.433 e. The van der Waals surface area contributed by atoms with E-state index in [4.69, 9.17) is 11.6 Å². The van der Waals surface area contributed by atoms with Gasteiger partial charge < -0.3 is 5.32 Å². The summed E-state index contributed by atoms with van der Waals surface area (Å²) in [5, 5.41) is 10.2. The lowest BCUT2D eigenvalue weighted by Gasteiger charge is -2.24.